The number of nitro benzene ring substituents is 1. The molecule has 2 saturated heterocycles. The Hall–Kier alpha value is -3.69. The van der Waals surface area contributed by atoms with Crippen molar-refractivity contribution in [3.8, 4) is 0 Å². The minimum Gasteiger partial charge on any atom is -0.379 e. The van der Waals surface area contributed by atoms with Gasteiger partial charge in [-0.1, -0.05) is 30.0 Å². The molecule has 3 aromatic rings. The van der Waals surface area contributed by atoms with Gasteiger partial charge in [0.2, 0.25) is 0 Å². The number of amides is 1. The number of nitrogens with one attached hydrogen (secondary N) is 2. The van der Waals surface area contributed by atoms with Crippen LogP contribution in [0, 0.1) is 33.3 Å². The van der Waals surface area contributed by atoms with Crippen molar-refractivity contribution in [2.45, 2.75) is 66.5 Å². The number of nitrogens with zero attached hydrogens (tertiary/aromatic N) is 4. The standard InChI is InChI=1S/C42H54N6O6S2/c1-41(55-36-5-3-2-4-6-36,13-14-45-19-21-54-22-20-45)43-38-12-11-37(26-39(38)48(50)51)56(52,53)44-40(49)34-7-9-35(10-8-34)47-17-15-46(16-18-47)30-42-27-31-23-32(28-42)25-33(24-31)29-42/h2-12,26,31-33,43H,13-25,27-30H2,1H3,(H,44,49)/t31?,32?,33?,41-,42?/m1/s1. The number of benzene rings is 3. The molecule has 2 N–H and O–H groups in total. The molecule has 0 unspecified atom stereocenters. The first kappa shape index (κ1) is 39.2. The molecule has 1 atom stereocenters. The normalized spacial score (nSPS) is 26.4. The van der Waals surface area contributed by atoms with E-state index in [-0.39, 0.29) is 16.1 Å². The maximum Gasteiger partial charge on any atom is 0.293 e. The van der Waals surface area contributed by atoms with Gasteiger partial charge in [-0.05, 0) is 124 Å². The molecule has 6 aliphatic rings. The van der Waals surface area contributed by atoms with Crippen LogP contribution >= 0.6 is 11.8 Å². The summed E-state index contributed by atoms with van der Waals surface area (Å²) in [5.74, 6) is 2.07. The van der Waals surface area contributed by atoms with Gasteiger partial charge in [-0.25, -0.2) is 13.1 Å². The summed E-state index contributed by atoms with van der Waals surface area (Å²) >= 11 is 1.56. The minimum absolute atomic E-state index is 0.192. The van der Waals surface area contributed by atoms with Crippen molar-refractivity contribution in [3.63, 3.8) is 0 Å². The molecule has 0 spiro atoms. The Morgan fingerprint density at radius 2 is 1.54 bits per heavy atom. The number of anilines is 2. The van der Waals surface area contributed by atoms with Crippen LogP contribution in [0.1, 0.15) is 62.2 Å². The fourth-order valence-electron chi connectivity index (χ4n) is 10.5. The lowest BCUT2D eigenvalue weighted by atomic mass is 9.49. The van der Waals surface area contributed by atoms with E-state index >= 15 is 0 Å². The molecular formula is C42H54N6O6S2. The molecule has 4 aliphatic carbocycles. The maximum atomic E-state index is 13.5. The predicted molar refractivity (Wildman–Crippen MR) is 220 cm³/mol. The summed E-state index contributed by atoms with van der Waals surface area (Å²) in [6, 6.07) is 20.5. The molecule has 12 nitrogen and oxygen atoms in total. The summed E-state index contributed by atoms with van der Waals surface area (Å²) in [7, 11) is -4.43. The third kappa shape index (κ3) is 9.04. The van der Waals surface area contributed by atoms with Gasteiger partial charge in [-0.3, -0.25) is 24.7 Å². The Kier molecular flexibility index (Phi) is 11.4. The molecule has 0 radical (unpaired) electrons. The van der Waals surface area contributed by atoms with Gasteiger partial charge in [0, 0.05) is 74.6 Å². The zero-order valence-corrected chi connectivity index (χ0v) is 33.9. The highest BCUT2D eigenvalue weighted by Gasteiger charge is 2.51. The molecular weight excluding hydrogens is 749 g/mol. The van der Waals surface area contributed by atoms with Crippen molar-refractivity contribution in [1.82, 2.24) is 14.5 Å². The van der Waals surface area contributed by atoms with Gasteiger partial charge in [0.25, 0.3) is 21.6 Å². The lowest BCUT2D eigenvalue weighted by molar-refractivity contribution is -0.384. The third-order valence-corrected chi connectivity index (χ3v) is 15.4. The Balaban J connectivity index is 0.892. The number of ether oxygens (including phenoxy) is 1. The largest absolute Gasteiger partial charge is 0.379 e. The number of piperazine rings is 1. The average molecular weight is 803 g/mol. The van der Waals surface area contributed by atoms with E-state index in [0.717, 1.165) is 80.2 Å². The fourth-order valence-corrected chi connectivity index (χ4v) is 12.7. The van der Waals surface area contributed by atoms with E-state index in [2.05, 4.69) is 24.7 Å². The number of hydrogen-bond donors (Lipinski definition) is 2. The van der Waals surface area contributed by atoms with Crippen LogP contribution in [0.25, 0.3) is 0 Å². The van der Waals surface area contributed by atoms with Gasteiger partial charge in [0.1, 0.15) is 5.69 Å². The van der Waals surface area contributed by atoms with Crippen molar-refractivity contribution < 1.29 is 22.9 Å². The van der Waals surface area contributed by atoms with E-state index in [1.807, 2.05) is 49.4 Å². The zero-order valence-electron chi connectivity index (χ0n) is 32.2. The molecule has 9 rings (SSSR count). The van der Waals surface area contributed by atoms with E-state index in [4.69, 9.17) is 4.74 Å². The second-order valence-electron chi connectivity index (χ2n) is 17.1. The number of sulfonamides is 1. The monoisotopic (exact) mass is 802 g/mol. The van der Waals surface area contributed by atoms with E-state index in [0.29, 0.717) is 25.0 Å². The predicted octanol–water partition coefficient (Wildman–Crippen LogP) is 6.69. The molecule has 300 valence electrons. The molecule has 2 aliphatic heterocycles. The zero-order chi connectivity index (χ0) is 38.9. The van der Waals surface area contributed by atoms with Crippen LogP contribution in [-0.4, -0.2) is 99.5 Å². The Morgan fingerprint density at radius 1 is 0.893 bits per heavy atom. The molecule has 3 aromatic carbocycles. The van der Waals surface area contributed by atoms with Crippen LogP contribution < -0.4 is 14.9 Å². The fraction of sp³-hybridized carbons (Fsp3) is 0.548. The molecule has 56 heavy (non-hydrogen) atoms. The first-order valence-corrected chi connectivity index (χ1v) is 22.5. The lowest BCUT2D eigenvalue weighted by Gasteiger charge is -2.58. The number of nitro groups is 1. The number of carbonyl (C=O) groups excluding carboxylic acids is 1. The molecule has 6 fully saturated rings. The number of morpholine rings is 1. The first-order chi connectivity index (χ1) is 26.9. The highest BCUT2D eigenvalue weighted by atomic mass is 32.2. The van der Waals surface area contributed by atoms with E-state index in [9.17, 15) is 23.3 Å². The van der Waals surface area contributed by atoms with Gasteiger partial charge < -0.3 is 15.0 Å². The van der Waals surface area contributed by atoms with Gasteiger partial charge in [0.15, 0.2) is 0 Å². The summed E-state index contributed by atoms with van der Waals surface area (Å²) in [6.07, 6.45) is 9.30. The maximum absolute atomic E-state index is 13.5. The second-order valence-corrected chi connectivity index (χ2v) is 20.3. The SMILES string of the molecule is C[C@@](CCN1CCOCC1)(Nc1ccc(S(=O)(=O)NC(=O)c2ccc(N3CCN(CC45CC6CC(CC(C6)C4)C5)CC3)cc2)cc1[N+](=O)[O-])Sc1ccccc1. The van der Waals surface area contributed by atoms with Gasteiger partial charge in [-0.2, -0.15) is 0 Å². The van der Waals surface area contributed by atoms with Crippen LogP contribution in [0.15, 0.2) is 82.6 Å². The van der Waals surface area contributed by atoms with Gasteiger partial charge >= 0.3 is 0 Å². The lowest BCUT2D eigenvalue weighted by Crippen LogP contribution is -2.55. The van der Waals surface area contributed by atoms with Crippen LogP contribution in [0.3, 0.4) is 0 Å². The van der Waals surface area contributed by atoms with Crippen molar-refractivity contribution >= 4 is 44.8 Å². The van der Waals surface area contributed by atoms with Crippen LogP contribution in [-0.2, 0) is 14.8 Å². The Morgan fingerprint density at radius 3 is 2.16 bits per heavy atom. The topological polar surface area (TPSA) is 137 Å². The van der Waals surface area contributed by atoms with Crippen LogP contribution in [0.5, 0.6) is 0 Å². The summed E-state index contributed by atoms with van der Waals surface area (Å²) in [5, 5.41) is 15.7. The molecule has 1 amide bonds. The quantitative estimate of drug-likeness (QED) is 0.0781. The molecule has 4 bridgehead atoms. The van der Waals surface area contributed by atoms with Crippen molar-refractivity contribution in [2.24, 2.45) is 23.2 Å². The van der Waals surface area contributed by atoms with E-state index < -0.39 is 31.4 Å². The molecule has 2 heterocycles. The van der Waals surface area contributed by atoms with Crippen LogP contribution in [0.2, 0.25) is 0 Å². The van der Waals surface area contributed by atoms with Gasteiger partial charge in [0.05, 0.1) is 27.9 Å². The van der Waals surface area contributed by atoms with Crippen molar-refractivity contribution in [2.75, 3.05) is 75.8 Å². The average Bonchev–Trinajstić information content (AvgIpc) is 3.17. The molecule has 0 aromatic heterocycles. The summed E-state index contributed by atoms with van der Waals surface area (Å²) < 4.78 is 34.6. The summed E-state index contributed by atoms with van der Waals surface area (Å²) in [6.45, 7) is 10.8. The summed E-state index contributed by atoms with van der Waals surface area (Å²) in [4.78, 5) is 32.3. The van der Waals surface area contributed by atoms with Crippen LogP contribution in [0.4, 0.5) is 17.1 Å². The smallest absolute Gasteiger partial charge is 0.293 e. The van der Waals surface area contributed by atoms with E-state index in [1.54, 1.807) is 23.9 Å². The van der Waals surface area contributed by atoms with Crippen molar-refractivity contribution in [1.29, 1.82) is 0 Å². The number of carbonyl (C=O) groups is 1. The molecule has 14 heteroatoms. The minimum atomic E-state index is -4.43. The number of rotatable bonds is 14. The molecule has 4 saturated carbocycles. The number of thioether (sulfide) groups is 1. The number of hydrogen-bond acceptors (Lipinski definition) is 11. The third-order valence-electron chi connectivity index (χ3n) is 12.8. The van der Waals surface area contributed by atoms with Gasteiger partial charge in [-0.15, -0.1) is 0 Å². The van der Waals surface area contributed by atoms with E-state index in [1.165, 1.54) is 57.2 Å². The second kappa shape index (κ2) is 16.3. The summed E-state index contributed by atoms with van der Waals surface area (Å²) in [5.41, 5.74) is 1.52. The Bertz CT molecular complexity index is 1950. The highest BCUT2D eigenvalue weighted by molar-refractivity contribution is 8.00. The van der Waals surface area contributed by atoms with Crippen molar-refractivity contribution in [3.05, 3.63) is 88.5 Å². The highest BCUT2D eigenvalue weighted by Crippen LogP contribution is 2.60. The Labute approximate surface area is 334 Å². The first-order valence-electron chi connectivity index (χ1n) is 20.2.